The van der Waals surface area contributed by atoms with E-state index in [4.69, 9.17) is 13.9 Å². The van der Waals surface area contributed by atoms with Gasteiger partial charge in [0, 0.05) is 74.9 Å². The summed E-state index contributed by atoms with van der Waals surface area (Å²) in [4.78, 5) is 7.66. The number of rotatable bonds is 12. The SMILES string of the molecule is C=C/C=C\C1=COC(c2ccc(N3c4ccccc4B4c5ccccc5N(c5ccc(-c6cc(/C=C\C=C)co6)cc5)c5cc(N(c6ccc7c(c6)C(C)(C)c6ccccc6-7)C6C=Cc7cc(C8Cc9ccccc9O8)ccc7C6)cc3c54)cc2)C1. The highest BCUT2D eigenvalue weighted by atomic mass is 16.5. The average molecular weight is 1110 g/mol. The van der Waals surface area contributed by atoms with Crippen LogP contribution in [0.15, 0.2) is 272 Å². The molecule has 0 bridgehead atoms. The number of ether oxygens (including phenoxy) is 2. The van der Waals surface area contributed by atoms with Crippen LogP contribution < -0.4 is 35.8 Å². The number of para-hydroxylation sites is 3. The zero-order chi connectivity index (χ0) is 57.6. The van der Waals surface area contributed by atoms with Gasteiger partial charge in [-0.1, -0.05) is 185 Å². The summed E-state index contributed by atoms with van der Waals surface area (Å²) >= 11 is 0. The molecule has 86 heavy (non-hydrogen) atoms. The Hall–Kier alpha value is -10.2. The third-order valence-corrected chi connectivity index (χ3v) is 18.7. The number of allylic oxidation sites excluding steroid dienone is 5. The fourth-order valence-corrected chi connectivity index (χ4v) is 14.5. The van der Waals surface area contributed by atoms with Crippen molar-refractivity contribution in [1.29, 1.82) is 0 Å². The first kappa shape index (κ1) is 51.4. The molecule has 7 heteroatoms. The van der Waals surface area contributed by atoms with E-state index in [1.54, 1.807) is 12.3 Å². The van der Waals surface area contributed by atoms with E-state index in [1.165, 1.54) is 60.9 Å². The highest BCUT2D eigenvalue weighted by molar-refractivity contribution is 7.00. The lowest BCUT2D eigenvalue weighted by Gasteiger charge is -2.45. The number of hydrogen-bond acceptors (Lipinski definition) is 6. The van der Waals surface area contributed by atoms with Crippen LogP contribution >= 0.6 is 0 Å². The predicted octanol–water partition coefficient (Wildman–Crippen LogP) is 18.1. The minimum atomic E-state index is -0.210. The van der Waals surface area contributed by atoms with Crippen molar-refractivity contribution in [3.8, 4) is 28.2 Å². The molecule has 9 aromatic carbocycles. The van der Waals surface area contributed by atoms with Gasteiger partial charge < -0.3 is 28.6 Å². The number of furan rings is 1. The van der Waals surface area contributed by atoms with Crippen LogP contribution in [0.2, 0.25) is 0 Å². The second kappa shape index (κ2) is 20.5. The molecule has 1 aromatic heterocycles. The molecule has 6 aliphatic rings. The van der Waals surface area contributed by atoms with E-state index in [0.29, 0.717) is 0 Å². The van der Waals surface area contributed by atoms with Crippen molar-refractivity contribution < 1.29 is 13.9 Å². The maximum Gasteiger partial charge on any atom is 0.252 e. The molecule has 0 fully saturated rings. The molecule has 16 rings (SSSR count). The van der Waals surface area contributed by atoms with Crippen LogP contribution in [0.25, 0.3) is 34.6 Å². The van der Waals surface area contributed by atoms with Crippen LogP contribution in [0.3, 0.4) is 0 Å². The van der Waals surface area contributed by atoms with Crippen molar-refractivity contribution in [2.24, 2.45) is 0 Å². The normalized spacial score (nSPS) is 17.9. The molecule has 4 aliphatic heterocycles. The van der Waals surface area contributed by atoms with Gasteiger partial charge in [0.2, 0.25) is 0 Å². The number of benzene rings is 9. The lowest BCUT2D eigenvalue weighted by Crippen LogP contribution is -2.61. The molecule has 0 radical (unpaired) electrons. The third kappa shape index (κ3) is 8.47. The Morgan fingerprint density at radius 3 is 2.00 bits per heavy atom. The van der Waals surface area contributed by atoms with E-state index in [0.717, 1.165) is 98.5 Å². The van der Waals surface area contributed by atoms with Crippen molar-refractivity contribution in [3.63, 3.8) is 0 Å². The molecule has 5 heterocycles. The Kier molecular flexibility index (Phi) is 12.3. The molecule has 0 N–H and O–H groups in total. The van der Waals surface area contributed by atoms with Crippen molar-refractivity contribution in [3.05, 3.63) is 312 Å². The molecule has 10 aromatic rings. The minimum Gasteiger partial charge on any atom is -0.493 e. The zero-order valence-corrected chi connectivity index (χ0v) is 48.2. The van der Waals surface area contributed by atoms with Crippen LogP contribution in [-0.4, -0.2) is 12.8 Å². The first-order valence-corrected chi connectivity index (χ1v) is 30.0. The fourth-order valence-electron chi connectivity index (χ4n) is 14.5. The molecule has 0 saturated carbocycles. The van der Waals surface area contributed by atoms with Gasteiger partial charge in [-0.15, -0.1) is 0 Å². The Bertz CT molecular complexity index is 4500. The van der Waals surface area contributed by atoms with Gasteiger partial charge in [-0.2, -0.15) is 0 Å². The van der Waals surface area contributed by atoms with Gasteiger partial charge in [0.05, 0.1) is 18.6 Å². The summed E-state index contributed by atoms with van der Waals surface area (Å²) in [5.74, 6) is 1.79. The molecule has 414 valence electrons. The fraction of sp³-hybridized carbons (Fsp3) is 0.114. The maximum absolute atomic E-state index is 6.56. The quantitative estimate of drug-likeness (QED) is 0.0897. The molecule has 0 amide bonds. The van der Waals surface area contributed by atoms with Gasteiger partial charge in [0.15, 0.2) is 0 Å². The summed E-state index contributed by atoms with van der Waals surface area (Å²) in [6.07, 6.45) is 22.5. The highest BCUT2D eigenvalue weighted by Crippen LogP contribution is 2.53. The molecular weight excluding hydrogens is 1050 g/mol. The first-order valence-electron chi connectivity index (χ1n) is 30.0. The van der Waals surface area contributed by atoms with Crippen molar-refractivity contribution >= 4 is 80.8 Å². The van der Waals surface area contributed by atoms with Crippen molar-refractivity contribution in [2.75, 3.05) is 14.7 Å². The standard InChI is InChI=1S/C79H62BN3O3/c1-5-7-17-51-41-75(84-49-51)53-29-34-59(35-30-53)82-70-24-14-12-22-68(70)80-69-23-13-15-25-71(69)83(60-36-31-54(32-37-60)76-42-52(50-85-76)18-8-6-2)73-48-63(47-72(82)78(73)80)81(62-39-40-65-64-20-10-11-21-66(64)79(3,4)67(65)46-62)61-38-33-55-43-58(28-27-56(55)44-61)77-45-57-19-9-16-26-74(57)86-77/h5-41,43,46-50,61,76-77H,1-2,42,44-45H2,3-4H3/b17-7-,18-8-. The van der Waals surface area contributed by atoms with Crippen LogP contribution in [0, 0.1) is 0 Å². The Morgan fingerprint density at radius 1 is 0.570 bits per heavy atom. The van der Waals surface area contributed by atoms with E-state index in [-0.39, 0.29) is 30.4 Å². The third-order valence-electron chi connectivity index (χ3n) is 18.7. The summed E-state index contributed by atoms with van der Waals surface area (Å²) in [6, 6.07) is 74.7. The largest absolute Gasteiger partial charge is 0.493 e. The number of fused-ring (bicyclic) bond motifs is 9. The molecular formula is C79H62BN3O3. The highest BCUT2D eigenvalue weighted by Gasteiger charge is 2.45. The second-order valence-corrected chi connectivity index (χ2v) is 24.0. The predicted molar refractivity (Wildman–Crippen MR) is 356 cm³/mol. The van der Waals surface area contributed by atoms with Gasteiger partial charge in [-0.05, 0) is 169 Å². The summed E-state index contributed by atoms with van der Waals surface area (Å²) in [7, 11) is 0. The molecule has 6 nitrogen and oxygen atoms in total. The monoisotopic (exact) mass is 1110 g/mol. The van der Waals surface area contributed by atoms with Crippen molar-refractivity contribution in [1.82, 2.24) is 0 Å². The van der Waals surface area contributed by atoms with E-state index in [9.17, 15) is 0 Å². The number of nitrogens with zero attached hydrogens (tertiary/aromatic N) is 3. The van der Waals surface area contributed by atoms with E-state index in [2.05, 4.69) is 260 Å². The van der Waals surface area contributed by atoms with Crippen LogP contribution in [0.5, 0.6) is 5.75 Å². The summed E-state index contributed by atoms with van der Waals surface area (Å²) in [5, 5.41) is 0. The van der Waals surface area contributed by atoms with Gasteiger partial charge >= 0.3 is 0 Å². The number of anilines is 8. The zero-order valence-electron chi connectivity index (χ0n) is 48.2. The summed E-state index contributed by atoms with van der Waals surface area (Å²) in [5.41, 5.74) is 27.1. The average Bonchev–Trinajstić information content (AvgIpc) is 0.965. The smallest absolute Gasteiger partial charge is 0.252 e. The van der Waals surface area contributed by atoms with Gasteiger partial charge in [-0.3, -0.25) is 0 Å². The Morgan fingerprint density at radius 2 is 1.24 bits per heavy atom. The summed E-state index contributed by atoms with van der Waals surface area (Å²) in [6.45, 7) is 12.5. The van der Waals surface area contributed by atoms with Crippen molar-refractivity contribution in [2.45, 2.75) is 56.8 Å². The second-order valence-electron chi connectivity index (χ2n) is 24.0. The minimum absolute atomic E-state index is 0.0161. The van der Waals surface area contributed by atoms with Gasteiger partial charge in [0.25, 0.3) is 6.71 Å². The van der Waals surface area contributed by atoms with Crippen LogP contribution in [-0.2, 0) is 23.0 Å². The van der Waals surface area contributed by atoms with Gasteiger partial charge in [0.1, 0.15) is 23.7 Å². The summed E-state index contributed by atoms with van der Waals surface area (Å²) < 4.78 is 19.0. The van der Waals surface area contributed by atoms with E-state index < -0.39 is 0 Å². The van der Waals surface area contributed by atoms with Gasteiger partial charge in [-0.25, -0.2) is 0 Å². The lowest BCUT2D eigenvalue weighted by atomic mass is 9.33. The van der Waals surface area contributed by atoms with Crippen LogP contribution in [0.1, 0.15) is 77.0 Å². The Balaban J connectivity index is 0.891. The lowest BCUT2D eigenvalue weighted by molar-refractivity contribution is 0.173. The maximum atomic E-state index is 6.56. The number of hydrogen-bond donors (Lipinski definition) is 0. The van der Waals surface area contributed by atoms with Crippen LogP contribution in [0.4, 0.5) is 45.5 Å². The topological polar surface area (TPSA) is 41.3 Å². The molecule has 3 atom stereocenters. The molecule has 0 saturated heterocycles. The van der Waals surface area contributed by atoms with E-state index >= 15 is 0 Å². The first-order chi connectivity index (χ1) is 42.3. The molecule has 0 spiro atoms. The Labute approximate surface area is 504 Å². The molecule has 3 unspecified atom stereocenters. The molecule has 2 aliphatic carbocycles. The van der Waals surface area contributed by atoms with E-state index in [1.807, 2.05) is 30.6 Å².